The fourth-order valence-corrected chi connectivity index (χ4v) is 2.50. The summed E-state index contributed by atoms with van der Waals surface area (Å²) in [6.45, 7) is 0.201. The molecule has 0 saturated heterocycles. The molecule has 2 aromatic carbocycles. The second-order valence-electron chi connectivity index (χ2n) is 5.65. The zero-order valence-corrected chi connectivity index (χ0v) is 12.5. The fourth-order valence-electron chi connectivity index (χ4n) is 2.50. The first-order valence-electron chi connectivity index (χ1n) is 7.42. The molecule has 1 amide bonds. The number of carbonyl (C=O) groups excluding carboxylic acids is 1. The Morgan fingerprint density at radius 2 is 1.70 bits per heavy atom. The summed E-state index contributed by atoms with van der Waals surface area (Å²) in [5, 5.41) is 11.9. The summed E-state index contributed by atoms with van der Waals surface area (Å²) in [6, 6.07) is 16.3. The Bertz CT molecular complexity index is 706. The van der Waals surface area contributed by atoms with E-state index in [0.29, 0.717) is 18.5 Å². The third-order valence-electron chi connectivity index (χ3n) is 4.06. The number of amides is 1. The summed E-state index contributed by atoms with van der Waals surface area (Å²) in [6.07, 6.45) is 0.781. The van der Waals surface area contributed by atoms with Crippen molar-refractivity contribution in [2.75, 3.05) is 5.32 Å². The summed E-state index contributed by atoms with van der Waals surface area (Å²) >= 11 is 0. The molecule has 1 aliphatic rings. The Morgan fingerprint density at radius 3 is 2.26 bits per heavy atom. The molecule has 1 saturated carbocycles. The Morgan fingerprint density at radius 1 is 1.04 bits per heavy atom. The number of hydrogen-bond acceptors (Lipinski definition) is 3. The van der Waals surface area contributed by atoms with Crippen LogP contribution in [0.1, 0.15) is 24.0 Å². The first kappa shape index (κ1) is 15.1. The van der Waals surface area contributed by atoms with Crippen LogP contribution in [0.25, 0.3) is 0 Å². The van der Waals surface area contributed by atoms with Crippen LogP contribution >= 0.6 is 0 Å². The van der Waals surface area contributed by atoms with Crippen molar-refractivity contribution in [3.63, 3.8) is 0 Å². The van der Waals surface area contributed by atoms with Crippen molar-refractivity contribution >= 4 is 17.7 Å². The van der Waals surface area contributed by atoms with Gasteiger partial charge in [0.15, 0.2) is 0 Å². The van der Waals surface area contributed by atoms with Gasteiger partial charge in [0.05, 0.1) is 5.41 Å². The third kappa shape index (κ3) is 3.34. The fraction of sp³-hybridized carbons (Fsp3) is 0.222. The molecule has 1 aliphatic carbocycles. The van der Waals surface area contributed by atoms with Crippen LogP contribution in [0.4, 0.5) is 10.5 Å². The van der Waals surface area contributed by atoms with E-state index in [0.717, 1.165) is 11.1 Å². The Kier molecular flexibility index (Phi) is 4.02. The highest BCUT2D eigenvalue weighted by molar-refractivity contribution is 5.86. The van der Waals surface area contributed by atoms with E-state index in [9.17, 15) is 14.7 Å². The van der Waals surface area contributed by atoms with E-state index in [1.165, 1.54) is 0 Å². The zero-order valence-electron chi connectivity index (χ0n) is 12.5. The van der Waals surface area contributed by atoms with Crippen LogP contribution in [-0.4, -0.2) is 17.2 Å². The van der Waals surface area contributed by atoms with Gasteiger partial charge in [-0.2, -0.15) is 0 Å². The highest BCUT2D eigenvalue weighted by atomic mass is 16.5. The van der Waals surface area contributed by atoms with Gasteiger partial charge in [0.2, 0.25) is 0 Å². The maximum Gasteiger partial charge on any atom is 0.411 e. The number of carbonyl (C=O) groups is 2. The van der Waals surface area contributed by atoms with E-state index in [1.807, 2.05) is 30.3 Å². The van der Waals surface area contributed by atoms with Crippen molar-refractivity contribution in [2.24, 2.45) is 0 Å². The van der Waals surface area contributed by atoms with Gasteiger partial charge < -0.3 is 9.84 Å². The molecule has 0 spiro atoms. The molecular weight excluding hydrogens is 294 g/mol. The van der Waals surface area contributed by atoms with Crippen LogP contribution in [0.2, 0.25) is 0 Å². The molecule has 5 nitrogen and oxygen atoms in total. The summed E-state index contributed by atoms with van der Waals surface area (Å²) < 4.78 is 5.14. The number of carboxylic acids is 1. The Hall–Kier alpha value is -2.82. The van der Waals surface area contributed by atoms with E-state index in [-0.39, 0.29) is 6.61 Å². The van der Waals surface area contributed by atoms with E-state index in [4.69, 9.17) is 4.74 Å². The van der Waals surface area contributed by atoms with Gasteiger partial charge in [-0.05, 0) is 36.1 Å². The lowest BCUT2D eigenvalue weighted by atomic mass is 9.96. The normalized spacial score (nSPS) is 14.8. The molecule has 0 atom stereocenters. The molecule has 0 bridgehead atoms. The molecule has 5 heteroatoms. The highest BCUT2D eigenvalue weighted by Crippen LogP contribution is 2.48. The van der Waals surface area contributed by atoms with E-state index in [2.05, 4.69) is 5.32 Å². The smallest absolute Gasteiger partial charge is 0.411 e. The number of carboxylic acid groups (broad SMARTS) is 1. The monoisotopic (exact) mass is 311 g/mol. The number of aliphatic carboxylic acids is 1. The van der Waals surface area contributed by atoms with Gasteiger partial charge in [-0.3, -0.25) is 10.1 Å². The number of nitrogens with one attached hydrogen (secondary N) is 1. The molecule has 1 fully saturated rings. The number of anilines is 1. The van der Waals surface area contributed by atoms with Crippen LogP contribution in [0, 0.1) is 0 Å². The van der Waals surface area contributed by atoms with Crippen LogP contribution in [0.3, 0.4) is 0 Å². The molecule has 118 valence electrons. The van der Waals surface area contributed by atoms with E-state index >= 15 is 0 Å². The highest BCUT2D eigenvalue weighted by Gasteiger charge is 2.51. The van der Waals surface area contributed by atoms with Crippen LogP contribution < -0.4 is 5.32 Å². The third-order valence-corrected chi connectivity index (χ3v) is 4.06. The van der Waals surface area contributed by atoms with Crippen LogP contribution in [0.15, 0.2) is 54.6 Å². The standard InChI is InChI=1S/C18H17NO4/c20-16(21)18(10-11-18)14-6-8-15(9-7-14)19-17(22)23-12-13-4-2-1-3-5-13/h1-9H,10-12H2,(H,19,22)(H,20,21). The summed E-state index contributed by atoms with van der Waals surface area (Å²) in [7, 11) is 0. The molecule has 0 radical (unpaired) electrons. The lowest BCUT2D eigenvalue weighted by Crippen LogP contribution is -2.19. The first-order chi connectivity index (χ1) is 11.1. The SMILES string of the molecule is O=C(Nc1ccc(C2(C(=O)O)CC2)cc1)OCc1ccccc1. The lowest BCUT2D eigenvalue weighted by Gasteiger charge is -2.11. The second kappa shape index (κ2) is 6.12. The van der Waals surface area contributed by atoms with Gasteiger partial charge in [0.25, 0.3) is 0 Å². The quantitative estimate of drug-likeness (QED) is 0.885. The number of ether oxygens (including phenoxy) is 1. The molecule has 0 aromatic heterocycles. The summed E-state index contributed by atoms with van der Waals surface area (Å²) in [4.78, 5) is 23.0. The predicted molar refractivity (Wildman–Crippen MR) is 85.2 cm³/mol. The maximum atomic E-state index is 11.8. The number of hydrogen-bond donors (Lipinski definition) is 2. The van der Waals surface area contributed by atoms with Crippen molar-refractivity contribution < 1.29 is 19.4 Å². The molecule has 3 rings (SSSR count). The summed E-state index contributed by atoms with van der Waals surface area (Å²) in [5.74, 6) is -0.791. The van der Waals surface area contributed by atoms with Crippen LogP contribution in [0.5, 0.6) is 0 Å². The van der Waals surface area contributed by atoms with Gasteiger partial charge in [-0.15, -0.1) is 0 Å². The van der Waals surface area contributed by atoms with Crippen molar-refractivity contribution in [2.45, 2.75) is 24.9 Å². The Balaban J connectivity index is 1.56. The zero-order chi connectivity index (χ0) is 16.3. The van der Waals surface area contributed by atoms with Crippen molar-refractivity contribution in [3.05, 3.63) is 65.7 Å². The minimum absolute atomic E-state index is 0.201. The topological polar surface area (TPSA) is 75.6 Å². The minimum atomic E-state index is -0.791. The second-order valence-corrected chi connectivity index (χ2v) is 5.65. The van der Waals surface area contributed by atoms with E-state index < -0.39 is 17.5 Å². The van der Waals surface area contributed by atoms with Crippen molar-refractivity contribution in [1.82, 2.24) is 0 Å². The number of benzene rings is 2. The number of rotatable bonds is 5. The van der Waals surface area contributed by atoms with E-state index in [1.54, 1.807) is 24.3 Å². The van der Waals surface area contributed by atoms with Crippen molar-refractivity contribution in [1.29, 1.82) is 0 Å². The molecule has 2 N–H and O–H groups in total. The molecule has 0 heterocycles. The molecule has 2 aromatic rings. The average Bonchev–Trinajstić information content (AvgIpc) is 3.37. The van der Waals surface area contributed by atoms with Gasteiger partial charge >= 0.3 is 12.1 Å². The molecule has 0 unspecified atom stereocenters. The molecular formula is C18H17NO4. The molecule has 23 heavy (non-hydrogen) atoms. The Labute approximate surface area is 133 Å². The van der Waals surface area contributed by atoms with Gasteiger partial charge in [0.1, 0.15) is 6.61 Å². The minimum Gasteiger partial charge on any atom is -0.481 e. The van der Waals surface area contributed by atoms with Crippen LogP contribution in [-0.2, 0) is 21.6 Å². The maximum absolute atomic E-state index is 11.8. The first-order valence-corrected chi connectivity index (χ1v) is 7.42. The summed E-state index contributed by atoms with van der Waals surface area (Å²) in [5.41, 5.74) is 1.53. The molecule has 0 aliphatic heterocycles. The average molecular weight is 311 g/mol. The lowest BCUT2D eigenvalue weighted by molar-refractivity contribution is -0.140. The van der Waals surface area contributed by atoms with Gasteiger partial charge in [0, 0.05) is 5.69 Å². The van der Waals surface area contributed by atoms with Gasteiger partial charge in [-0.1, -0.05) is 42.5 Å². The van der Waals surface area contributed by atoms with Gasteiger partial charge in [-0.25, -0.2) is 4.79 Å². The van der Waals surface area contributed by atoms with Crippen molar-refractivity contribution in [3.8, 4) is 0 Å². The largest absolute Gasteiger partial charge is 0.481 e. The predicted octanol–water partition coefficient (Wildman–Crippen LogP) is 3.55.